The molecule has 0 aliphatic heterocycles. The second kappa shape index (κ2) is 10.6. The molecule has 0 radical (unpaired) electrons. The van der Waals surface area contributed by atoms with Crippen LogP contribution in [0.2, 0.25) is 0 Å². The molecule has 0 atom stereocenters. The van der Waals surface area contributed by atoms with Crippen LogP contribution in [-0.4, -0.2) is 4.57 Å². The maximum absolute atomic E-state index is 6.25. The Morgan fingerprint density at radius 3 is 1.96 bits per heavy atom. The average molecular weight is 657 g/mol. The molecule has 4 heteroatoms. The van der Waals surface area contributed by atoms with E-state index in [9.17, 15) is 0 Å². The predicted octanol–water partition coefficient (Wildman–Crippen LogP) is 13.7. The third-order valence-corrected chi connectivity index (χ3v) is 11.3. The summed E-state index contributed by atoms with van der Waals surface area (Å²) < 4.78 is 11.3. The van der Waals surface area contributed by atoms with E-state index in [1.807, 2.05) is 23.5 Å². The van der Waals surface area contributed by atoms with Gasteiger partial charge >= 0.3 is 0 Å². The van der Waals surface area contributed by atoms with Crippen LogP contribution in [0.25, 0.3) is 80.4 Å². The van der Waals surface area contributed by atoms with Gasteiger partial charge in [0, 0.05) is 64.5 Å². The normalized spacial score (nSPS) is 12.0. The summed E-state index contributed by atoms with van der Waals surface area (Å²) >= 11 is 1.86. The van der Waals surface area contributed by atoms with Crippen LogP contribution in [0.5, 0.6) is 0 Å². The van der Waals surface area contributed by atoms with Crippen molar-refractivity contribution in [2.45, 2.75) is 0 Å². The number of furan rings is 1. The Morgan fingerprint density at radius 2 is 1.06 bits per heavy atom. The van der Waals surface area contributed by atoms with E-state index in [1.165, 1.54) is 52.8 Å². The van der Waals surface area contributed by atoms with Gasteiger partial charge in [-0.2, -0.15) is 0 Å². The molecule has 3 nitrogen and oxygen atoms in total. The predicted molar refractivity (Wildman–Crippen MR) is 213 cm³/mol. The highest BCUT2D eigenvalue weighted by atomic mass is 32.1. The van der Waals surface area contributed by atoms with E-state index < -0.39 is 0 Å². The largest absolute Gasteiger partial charge is 0.456 e. The molecule has 8 aromatic carbocycles. The Labute approximate surface area is 291 Å². The zero-order valence-electron chi connectivity index (χ0n) is 26.9. The molecule has 0 saturated carbocycles. The number of para-hydroxylation sites is 3. The number of aromatic nitrogens is 1. The molecule has 0 bridgehead atoms. The number of benzene rings is 8. The van der Waals surface area contributed by atoms with Crippen LogP contribution in [0.15, 0.2) is 174 Å². The highest BCUT2D eigenvalue weighted by Crippen LogP contribution is 2.43. The number of fused-ring (bicyclic) bond motifs is 10. The van der Waals surface area contributed by atoms with Crippen LogP contribution in [0.1, 0.15) is 0 Å². The minimum Gasteiger partial charge on any atom is -0.456 e. The van der Waals surface area contributed by atoms with Crippen LogP contribution >= 0.6 is 11.3 Å². The zero-order valence-corrected chi connectivity index (χ0v) is 27.7. The number of hydrogen-bond acceptors (Lipinski definition) is 3. The summed E-state index contributed by atoms with van der Waals surface area (Å²) in [6.07, 6.45) is 0. The van der Waals surface area contributed by atoms with Crippen molar-refractivity contribution in [3.05, 3.63) is 170 Å². The number of anilines is 3. The fourth-order valence-corrected chi connectivity index (χ4v) is 8.99. The summed E-state index contributed by atoms with van der Waals surface area (Å²) in [7, 11) is 0. The number of hydrogen-bond donors (Lipinski definition) is 0. The lowest BCUT2D eigenvalue weighted by molar-refractivity contribution is 0.669. The van der Waals surface area contributed by atoms with Gasteiger partial charge < -0.3 is 13.9 Å². The first kappa shape index (κ1) is 27.6. The molecular weight excluding hydrogens is 629 g/mol. The van der Waals surface area contributed by atoms with E-state index in [0.717, 1.165) is 44.7 Å². The van der Waals surface area contributed by atoms with Crippen molar-refractivity contribution < 1.29 is 4.42 Å². The second-order valence-corrected chi connectivity index (χ2v) is 14.1. The summed E-state index contributed by atoms with van der Waals surface area (Å²) in [6, 6.07) is 61.4. The Kier molecular flexibility index (Phi) is 5.83. The Hall–Kier alpha value is -6.36. The van der Waals surface area contributed by atoms with Crippen molar-refractivity contribution in [2.75, 3.05) is 4.90 Å². The summed E-state index contributed by atoms with van der Waals surface area (Å²) in [4.78, 5) is 2.39. The van der Waals surface area contributed by atoms with Crippen LogP contribution in [0.3, 0.4) is 0 Å². The topological polar surface area (TPSA) is 21.3 Å². The molecule has 0 unspecified atom stereocenters. The van der Waals surface area contributed by atoms with E-state index in [1.54, 1.807) is 0 Å². The maximum atomic E-state index is 6.25. The van der Waals surface area contributed by atoms with Crippen LogP contribution in [0, 0.1) is 0 Å². The molecule has 0 fully saturated rings. The molecule has 0 aliphatic carbocycles. The Bertz CT molecular complexity index is 3110. The van der Waals surface area contributed by atoms with Crippen molar-refractivity contribution in [1.29, 1.82) is 0 Å². The van der Waals surface area contributed by atoms with Crippen molar-refractivity contribution in [3.8, 4) is 5.69 Å². The second-order valence-electron chi connectivity index (χ2n) is 13.0. The van der Waals surface area contributed by atoms with Crippen molar-refractivity contribution in [2.24, 2.45) is 0 Å². The van der Waals surface area contributed by atoms with E-state index in [0.29, 0.717) is 0 Å². The third-order valence-electron chi connectivity index (χ3n) is 10.1. The molecule has 234 valence electrons. The van der Waals surface area contributed by atoms with Crippen LogP contribution in [0.4, 0.5) is 17.1 Å². The van der Waals surface area contributed by atoms with Gasteiger partial charge in [0.05, 0.1) is 11.0 Å². The highest BCUT2D eigenvalue weighted by molar-refractivity contribution is 7.25. The van der Waals surface area contributed by atoms with Crippen LogP contribution < -0.4 is 4.90 Å². The highest BCUT2D eigenvalue weighted by Gasteiger charge is 2.19. The van der Waals surface area contributed by atoms with Crippen molar-refractivity contribution >= 4 is 103 Å². The molecule has 11 aromatic rings. The Morgan fingerprint density at radius 1 is 0.400 bits per heavy atom. The summed E-state index contributed by atoms with van der Waals surface area (Å²) in [5.74, 6) is 0. The first-order valence-corrected chi connectivity index (χ1v) is 17.7. The molecule has 0 aliphatic rings. The fourth-order valence-electron chi connectivity index (χ4n) is 7.85. The van der Waals surface area contributed by atoms with Gasteiger partial charge in [0.1, 0.15) is 11.2 Å². The van der Waals surface area contributed by atoms with Gasteiger partial charge in [0.15, 0.2) is 0 Å². The smallest absolute Gasteiger partial charge is 0.135 e. The molecule has 11 rings (SSSR count). The SMILES string of the molecule is c1ccc(-n2c3ccccc3c3cc(N(c4ccc5cc6c(cc5c4)sc4ccccc46)c4ccc5oc6ccccc6c5c4)ccc32)cc1. The number of nitrogens with zero attached hydrogens (tertiary/aromatic N) is 2. The first-order chi connectivity index (χ1) is 24.8. The molecule has 3 aromatic heterocycles. The zero-order chi connectivity index (χ0) is 32.8. The maximum Gasteiger partial charge on any atom is 0.135 e. The quantitative estimate of drug-likeness (QED) is 0.188. The summed E-state index contributed by atoms with van der Waals surface area (Å²) in [5.41, 5.74) is 8.62. The Balaban J connectivity index is 1.16. The lowest BCUT2D eigenvalue weighted by Crippen LogP contribution is -2.10. The van der Waals surface area contributed by atoms with Crippen LogP contribution in [-0.2, 0) is 0 Å². The summed E-state index contributed by atoms with van der Waals surface area (Å²) in [5, 5.41) is 9.79. The first-order valence-electron chi connectivity index (χ1n) is 16.9. The molecule has 0 saturated heterocycles. The van der Waals surface area contributed by atoms with Crippen molar-refractivity contribution in [3.63, 3.8) is 0 Å². The molecular formula is C46H28N2OS. The molecule has 0 N–H and O–H groups in total. The number of thiophene rings is 1. The minimum absolute atomic E-state index is 0.891. The lowest BCUT2D eigenvalue weighted by atomic mass is 10.0. The molecule has 3 heterocycles. The molecule has 50 heavy (non-hydrogen) atoms. The van der Waals surface area contributed by atoms with E-state index in [4.69, 9.17) is 4.42 Å². The van der Waals surface area contributed by atoms with E-state index in [2.05, 4.69) is 167 Å². The monoisotopic (exact) mass is 656 g/mol. The molecule has 0 spiro atoms. The van der Waals surface area contributed by atoms with Gasteiger partial charge in [-0.1, -0.05) is 78.9 Å². The minimum atomic E-state index is 0.891. The van der Waals surface area contributed by atoms with Gasteiger partial charge in [-0.25, -0.2) is 0 Å². The van der Waals surface area contributed by atoms with Gasteiger partial charge in [-0.3, -0.25) is 0 Å². The van der Waals surface area contributed by atoms with Crippen molar-refractivity contribution in [1.82, 2.24) is 4.57 Å². The van der Waals surface area contributed by atoms with Gasteiger partial charge in [0.2, 0.25) is 0 Å². The third kappa shape index (κ3) is 4.09. The lowest BCUT2D eigenvalue weighted by Gasteiger charge is -2.26. The van der Waals surface area contributed by atoms with Gasteiger partial charge in [-0.05, 0) is 102 Å². The fraction of sp³-hybridized carbons (Fsp3) is 0. The standard InChI is InChI=1S/C46H28N2OS/c1-2-10-31(11-3-1)48-41-15-7-4-12-35(41)38-27-33(20-22-42(38)48)47(34-21-23-44-39(28-34)36-13-5-8-16-43(36)49-44)32-19-18-29-25-40-37-14-6-9-17-45(37)50-46(40)26-30(29)24-32/h1-28H. The molecule has 0 amide bonds. The average Bonchev–Trinajstić information content (AvgIpc) is 3.83. The van der Waals surface area contributed by atoms with E-state index >= 15 is 0 Å². The van der Waals surface area contributed by atoms with E-state index in [-0.39, 0.29) is 0 Å². The summed E-state index contributed by atoms with van der Waals surface area (Å²) in [6.45, 7) is 0. The number of rotatable bonds is 4. The van der Waals surface area contributed by atoms with Gasteiger partial charge in [-0.15, -0.1) is 11.3 Å². The van der Waals surface area contributed by atoms with Gasteiger partial charge in [0.25, 0.3) is 0 Å².